The maximum absolute atomic E-state index is 11.9. The zero-order valence-corrected chi connectivity index (χ0v) is 23.0. The van der Waals surface area contributed by atoms with Crippen molar-refractivity contribution in [1.82, 2.24) is 15.1 Å². The van der Waals surface area contributed by atoms with Crippen molar-refractivity contribution >= 4 is 11.7 Å². The highest BCUT2D eigenvalue weighted by molar-refractivity contribution is 5.78. The standard InChI is InChI=1S/C24H37N3O4.2C2H6/c1-19(28)4-3-5-24(29)25-16-22-10-11-23(31-22)18-27-14-12-26(13-15-27)17-20-6-8-21(30-2)9-7-20;2*1-2/h6-9,22-23H,3-5,10-18H2,1-2H3,(H,25,29);2*1-2H3. The molecule has 35 heavy (non-hydrogen) atoms. The highest BCUT2D eigenvalue weighted by Gasteiger charge is 2.28. The van der Waals surface area contributed by atoms with E-state index >= 15 is 0 Å². The van der Waals surface area contributed by atoms with Gasteiger partial charge in [-0.2, -0.15) is 0 Å². The molecule has 0 aliphatic carbocycles. The molecule has 2 atom stereocenters. The summed E-state index contributed by atoms with van der Waals surface area (Å²) in [5.41, 5.74) is 1.32. The second-order valence-corrected chi connectivity index (χ2v) is 8.74. The fourth-order valence-corrected chi connectivity index (χ4v) is 4.29. The second-order valence-electron chi connectivity index (χ2n) is 8.74. The van der Waals surface area contributed by atoms with Gasteiger partial charge >= 0.3 is 0 Å². The molecule has 2 fully saturated rings. The lowest BCUT2D eigenvalue weighted by atomic mass is 10.1. The summed E-state index contributed by atoms with van der Waals surface area (Å²) in [7, 11) is 1.69. The van der Waals surface area contributed by atoms with E-state index in [2.05, 4.69) is 27.2 Å². The van der Waals surface area contributed by atoms with E-state index in [0.717, 1.165) is 57.9 Å². The van der Waals surface area contributed by atoms with E-state index in [4.69, 9.17) is 9.47 Å². The van der Waals surface area contributed by atoms with Crippen LogP contribution in [0.4, 0.5) is 0 Å². The van der Waals surface area contributed by atoms with Gasteiger partial charge in [-0.05, 0) is 43.9 Å². The highest BCUT2D eigenvalue weighted by Crippen LogP contribution is 2.21. The van der Waals surface area contributed by atoms with Gasteiger partial charge in [0.25, 0.3) is 0 Å². The molecule has 1 amide bonds. The number of nitrogens with zero attached hydrogens (tertiary/aromatic N) is 2. The van der Waals surface area contributed by atoms with E-state index in [0.29, 0.717) is 25.8 Å². The molecule has 0 saturated carbocycles. The molecule has 2 unspecified atom stereocenters. The third kappa shape index (κ3) is 12.5. The smallest absolute Gasteiger partial charge is 0.220 e. The molecular weight excluding hydrogens is 442 g/mol. The van der Waals surface area contributed by atoms with Crippen LogP contribution in [-0.4, -0.2) is 80.1 Å². The second kappa shape index (κ2) is 18.3. The Kier molecular flexibility index (Phi) is 16.3. The van der Waals surface area contributed by atoms with Crippen molar-refractivity contribution in [3.8, 4) is 5.75 Å². The zero-order valence-electron chi connectivity index (χ0n) is 23.0. The molecule has 2 aliphatic rings. The van der Waals surface area contributed by atoms with Gasteiger partial charge in [0.2, 0.25) is 5.91 Å². The summed E-state index contributed by atoms with van der Waals surface area (Å²) in [5, 5.41) is 2.96. The number of piperazine rings is 1. The summed E-state index contributed by atoms with van der Waals surface area (Å²) >= 11 is 0. The molecule has 0 radical (unpaired) electrons. The van der Waals surface area contributed by atoms with Crippen LogP contribution in [0.25, 0.3) is 0 Å². The Morgan fingerprint density at radius 3 is 2.14 bits per heavy atom. The van der Waals surface area contributed by atoms with Gasteiger partial charge in [-0.15, -0.1) is 0 Å². The first-order valence-electron chi connectivity index (χ1n) is 13.5. The first kappa shape index (κ1) is 31.1. The molecule has 1 aromatic rings. The van der Waals surface area contributed by atoms with E-state index < -0.39 is 0 Å². The van der Waals surface area contributed by atoms with Crippen molar-refractivity contribution in [2.75, 3.05) is 46.4 Å². The van der Waals surface area contributed by atoms with Crippen molar-refractivity contribution < 1.29 is 19.1 Å². The van der Waals surface area contributed by atoms with Gasteiger partial charge in [-0.1, -0.05) is 39.8 Å². The minimum atomic E-state index is 0.0151. The first-order valence-corrected chi connectivity index (χ1v) is 13.5. The van der Waals surface area contributed by atoms with Gasteiger partial charge in [-0.25, -0.2) is 0 Å². The van der Waals surface area contributed by atoms with Crippen molar-refractivity contribution in [2.45, 2.75) is 85.5 Å². The van der Waals surface area contributed by atoms with Gasteiger partial charge in [0.05, 0.1) is 19.3 Å². The molecular formula is C28H49N3O4. The number of methoxy groups -OCH3 is 1. The lowest BCUT2D eigenvalue weighted by Gasteiger charge is -2.35. The Bertz CT molecular complexity index is 703. The average Bonchev–Trinajstić information content (AvgIpc) is 3.34. The SMILES string of the molecule is CC.CC.COc1ccc(CN2CCN(CC3CCC(CNC(=O)CCCC(C)=O)O3)CC2)cc1. The Balaban J connectivity index is 0.00000145. The van der Waals surface area contributed by atoms with E-state index in [1.54, 1.807) is 14.0 Å². The molecule has 1 N–H and O–H groups in total. The van der Waals surface area contributed by atoms with Crippen LogP contribution in [-0.2, 0) is 20.9 Å². The third-order valence-corrected chi connectivity index (χ3v) is 6.15. The number of Topliss-reactive ketones (excluding diaryl/α,β-unsaturated/α-hetero) is 1. The summed E-state index contributed by atoms with van der Waals surface area (Å²) < 4.78 is 11.4. The maximum atomic E-state index is 11.9. The minimum absolute atomic E-state index is 0.0151. The molecule has 2 heterocycles. The molecule has 1 aromatic carbocycles. The highest BCUT2D eigenvalue weighted by atomic mass is 16.5. The van der Waals surface area contributed by atoms with Crippen LogP contribution in [0.3, 0.4) is 0 Å². The van der Waals surface area contributed by atoms with Gasteiger partial charge in [-0.3, -0.25) is 14.6 Å². The molecule has 200 valence electrons. The largest absolute Gasteiger partial charge is 0.497 e. The first-order chi connectivity index (χ1) is 17.0. The van der Waals surface area contributed by atoms with E-state index in [1.165, 1.54) is 5.56 Å². The van der Waals surface area contributed by atoms with Crippen molar-refractivity contribution in [1.29, 1.82) is 0 Å². The number of ether oxygens (including phenoxy) is 2. The van der Waals surface area contributed by atoms with Crippen molar-refractivity contribution in [3.05, 3.63) is 29.8 Å². The van der Waals surface area contributed by atoms with Crippen LogP contribution in [0.1, 0.15) is 72.3 Å². The van der Waals surface area contributed by atoms with Crippen LogP contribution < -0.4 is 10.1 Å². The summed E-state index contributed by atoms with van der Waals surface area (Å²) in [4.78, 5) is 27.8. The molecule has 2 saturated heterocycles. The number of hydrogen-bond acceptors (Lipinski definition) is 6. The van der Waals surface area contributed by atoms with Gasteiger partial charge < -0.3 is 19.6 Å². The number of rotatable bonds is 11. The number of carbonyl (C=O) groups is 2. The zero-order chi connectivity index (χ0) is 26.1. The normalized spacial score (nSPS) is 20.2. The number of carbonyl (C=O) groups excluding carboxylic acids is 2. The third-order valence-electron chi connectivity index (χ3n) is 6.15. The number of hydrogen-bond donors (Lipinski definition) is 1. The number of benzene rings is 1. The Labute approximate surface area is 213 Å². The Morgan fingerprint density at radius 1 is 0.943 bits per heavy atom. The van der Waals surface area contributed by atoms with Crippen LogP contribution in [0.5, 0.6) is 5.75 Å². The van der Waals surface area contributed by atoms with Crippen molar-refractivity contribution in [3.63, 3.8) is 0 Å². The summed E-state index contributed by atoms with van der Waals surface area (Å²) in [5.74, 6) is 1.05. The van der Waals surface area contributed by atoms with Gasteiger partial charge in [0.1, 0.15) is 11.5 Å². The van der Waals surface area contributed by atoms with Crippen LogP contribution in [0.2, 0.25) is 0 Å². The molecule has 2 aliphatic heterocycles. The predicted octanol–water partition coefficient (Wildman–Crippen LogP) is 4.29. The quantitative estimate of drug-likeness (QED) is 0.498. The molecule has 7 nitrogen and oxygen atoms in total. The van der Waals surface area contributed by atoms with Crippen LogP contribution in [0.15, 0.2) is 24.3 Å². The average molecular weight is 492 g/mol. The number of amides is 1. The monoisotopic (exact) mass is 491 g/mol. The number of ketones is 1. The van der Waals surface area contributed by atoms with Gasteiger partial charge in [0, 0.05) is 58.7 Å². The fourth-order valence-electron chi connectivity index (χ4n) is 4.29. The Morgan fingerprint density at radius 2 is 1.54 bits per heavy atom. The van der Waals surface area contributed by atoms with Crippen LogP contribution >= 0.6 is 0 Å². The molecule has 0 bridgehead atoms. The van der Waals surface area contributed by atoms with E-state index in [-0.39, 0.29) is 23.9 Å². The summed E-state index contributed by atoms with van der Waals surface area (Å²) in [6, 6.07) is 8.32. The lowest BCUT2D eigenvalue weighted by Crippen LogP contribution is -2.48. The van der Waals surface area contributed by atoms with Gasteiger partial charge in [0.15, 0.2) is 0 Å². The maximum Gasteiger partial charge on any atom is 0.220 e. The predicted molar refractivity (Wildman–Crippen MR) is 143 cm³/mol. The minimum Gasteiger partial charge on any atom is -0.497 e. The Hall–Kier alpha value is -1.96. The molecule has 3 rings (SSSR count). The molecule has 0 aromatic heterocycles. The van der Waals surface area contributed by atoms with E-state index in [9.17, 15) is 9.59 Å². The topological polar surface area (TPSA) is 71.1 Å². The summed E-state index contributed by atoms with van der Waals surface area (Å²) in [6.45, 7) is 16.3. The number of nitrogens with one attached hydrogen (secondary N) is 1. The summed E-state index contributed by atoms with van der Waals surface area (Å²) in [6.07, 6.45) is 3.93. The van der Waals surface area contributed by atoms with Crippen molar-refractivity contribution in [2.24, 2.45) is 0 Å². The fraction of sp³-hybridized carbons (Fsp3) is 0.714. The van der Waals surface area contributed by atoms with E-state index in [1.807, 2.05) is 39.8 Å². The lowest BCUT2D eigenvalue weighted by molar-refractivity contribution is -0.122. The molecule has 7 heteroatoms. The van der Waals surface area contributed by atoms with Crippen LogP contribution in [0, 0.1) is 0 Å². The molecule has 0 spiro atoms.